The summed E-state index contributed by atoms with van der Waals surface area (Å²) in [5.41, 5.74) is 1.11. The van der Waals surface area contributed by atoms with Gasteiger partial charge in [-0.3, -0.25) is 4.79 Å². The summed E-state index contributed by atoms with van der Waals surface area (Å²) in [6.07, 6.45) is -0.960. The molecule has 0 aliphatic heterocycles. The van der Waals surface area contributed by atoms with Crippen LogP contribution in [0.25, 0.3) is 0 Å². The summed E-state index contributed by atoms with van der Waals surface area (Å²) in [7, 11) is 2.88. The minimum Gasteiger partial charge on any atom is -0.493 e. The Bertz CT molecular complexity index is 779. The third-order valence-electron chi connectivity index (χ3n) is 3.63. The Morgan fingerprint density at radius 2 is 1.81 bits per heavy atom. The number of hydrogen-bond acceptors (Lipinski definition) is 5. The second-order valence-electron chi connectivity index (χ2n) is 5.44. The molecule has 0 bridgehead atoms. The SMILES string of the molecule is COc1cc(C(=O)O[C@@H](C)C(=O)NCc2ccccc2)cc(Cl)c1OC. The van der Waals surface area contributed by atoms with Gasteiger partial charge in [0.05, 0.1) is 24.8 Å². The molecular formula is C19H20ClNO5. The van der Waals surface area contributed by atoms with Gasteiger partial charge in [-0.15, -0.1) is 0 Å². The molecule has 0 aliphatic rings. The molecule has 6 nitrogen and oxygen atoms in total. The van der Waals surface area contributed by atoms with Gasteiger partial charge in [-0.05, 0) is 24.6 Å². The average Bonchev–Trinajstić information content (AvgIpc) is 2.65. The molecular weight excluding hydrogens is 358 g/mol. The monoisotopic (exact) mass is 377 g/mol. The number of carbonyl (C=O) groups is 2. The molecule has 1 atom stereocenters. The number of halogens is 1. The van der Waals surface area contributed by atoms with Crippen LogP contribution in [0.4, 0.5) is 0 Å². The van der Waals surface area contributed by atoms with Gasteiger partial charge in [0.15, 0.2) is 17.6 Å². The molecule has 0 aliphatic carbocycles. The number of amides is 1. The van der Waals surface area contributed by atoms with Gasteiger partial charge < -0.3 is 19.5 Å². The van der Waals surface area contributed by atoms with Crippen LogP contribution in [0, 0.1) is 0 Å². The highest BCUT2D eigenvalue weighted by molar-refractivity contribution is 6.32. The first-order valence-electron chi connectivity index (χ1n) is 7.90. The summed E-state index contributed by atoms with van der Waals surface area (Å²) >= 11 is 6.08. The van der Waals surface area contributed by atoms with E-state index < -0.39 is 18.0 Å². The molecule has 0 fully saturated rings. The zero-order chi connectivity index (χ0) is 19.1. The van der Waals surface area contributed by atoms with Gasteiger partial charge >= 0.3 is 5.97 Å². The maximum Gasteiger partial charge on any atom is 0.339 e. The summed E-state index contributed by atoms with van der Waals surface area (Å²) in [5, 5.41) is 2.93. The summed E-state index contributed by atoms with van der Waals surface area (Å²) < 4.78 is 15.5. The smallest absolute Gasteiger partial charge is 0.339 e. The van der Waals surface area contributed by atoms with Gasteiger partial charge in [0.1, 0.15) is 0 Å². The lowest BCUT2D eigenvalue weighted by atomic mass is 10.2. The highest BCUT2D eigenvalue weighted by atomic mass is 35.5. The Labute approximate surface area is 157 Å². The molecule has 0 saturated heterocycles. The lowest BCUT2D eigenvalue weighted by molar-refractivity contribution is -0.129. The van der Waals surface area contributed by atoms with Crippen molar-refractivity contribution in [3.63, 3.8) is 0 Å². The van der Waals surface area contributed by atoms with Crippen LogP contribution in [0.3, 0.4) is 0 Å². The van der Waals surface area contributed by atoms with Crippen LogP contribution in [-0.2, 0) is 16.1 Å². The third kappa shape index (κ3) is 4.89. The van der Waals surface area contributed by atoms with Crippen LogP contribution in [0.1, 0.15) is 22.8 Å². The van der Waals surface area contributed by atoms with E-state index in [1.165, 1.54) is 33.3 Å². The second-order valence-corrected chi connectivity index (χ2v) is 5.85. The van der Waals surface area contributed by atoms with E-state index in [0.717, 1.165) is 5.56 Å². The number of rotatable bonds is 7. The van der Waals surface area contributed by atoms with Gasteiger partial charge in [-0.1, -0.05) is 41.9 Å². The molecule has 2 aromatic rings. The minimum atomic E-state index is -0.960. The van der Waals surface area contributed by atoms with E-state index in [2.05, 4.69) is 5.32 Å². The predicted octanol–water partition coefficient (Wildman–Crippen LogP) is 3.22. The van der Waals surface area contributed by atoms with E-state index in [1.54, 1.807) is 0 Å². The summed E-state index contributed by atoms with van der Waals surface area (Å²) in [4.78, 5) is 24.4. The Hall–Kier alpha value is -2.73. The van der Waals surface area contributed by atoms with Crippen LogP contribution >= 0.6 is 11.6 Å². The molecule has 2 rings (SSSR count). The van der Waals surface area contributed by atoms with E-state index in [-0.39, 0.29) is 10.6 Å². The van der Waals surface area contributed by atoms with Crippen LogP contribution < -0.4 is 14.8 Å². The Morgan fingerprint density at radius 1 is 1.12 bits per heavy atom. The van der Waals surface area contributed by atoms with E-state index in [9.17, 15) is 9.59 Å². The zero-order valence-electron chi connectivity index (χ0n) is 14.7. The van der Waals surface area contributed by atoms with Gasteiger partial charge in [0, 0.05) is 6.54 Å². The molecule has 0 aromatic heterocycles. The van der Waals surface area contributed by atoms with Gasteiger partial charge in [0.2, 0.25) is 0 Å². The maximum atomic E-state index is 12.3. The largest absolute Gasteiger partial charge is 0.493 e. The van der Waals surface area contributed by atoms with Gasteiger partial charge in [0.25, 0.3) is 5.91 Å². The van der Waals surface area contributed by atoms with E-state index in [1.807, 2.05) is 30.3 Å². The number of methoxy groups -OCH3 is 2. The number of esters is 1. The summed E-state index contributed by atoms with van der Waals surface area (Å²) in [6.45, 7) is 1.85. The molecule has 7 heteroatoms. The number of carbonyl (C=O) groups excluding carboxylic acids is 2. The number of ether oxygens (including phenoxy) is 3. The highest BCUT2D eigenvalue weighted by Gasteiger charge is 2.21. The van der Waals surface area contributed by atoms with E-state index in [4.69, 9.17) is 25.8 Å². The quantitative estimate of drug-likeness (QED) is 0.750. The molecule has 0 heterocycles. The zero-order valence-corrected chi connectivity index (χ0v) is 15.5. The molecule has 26 heavy (non-hydrogen) atoms. The fourth-order valence-electron chi connectivity index (χ4n) is 2.25. The maximum absolute atomic E-state index is 12.3. The normalized spacial score (nSPS) is 11.4. The molecule has 2 aromatic carbocycles. The number of nitrogens with one attached hydrogen (secondary N) is 1. The molecule has 0 radical (unpaired) electrons. The van der Waals surface area contributed by atoms with Crippen molar-refractivity contribution in [3.8, 4) is 11.5 Å². The van der Waals surface area contributed by atoms with Crippen molar-refractivity contribution in [3.05, 3.63) is 58.6 Å². The van der Waals surface area contributed by atoms with Crippen LogP contribution in [0.15, 0.2) is 42.5 Å². The topological polar surface area (TPSA) is 73.9 Å². The first-order valence-corrected chi connectivity index (χ1v) is 8.28. The van der Waals surface area contributed by atoms with E-state index in [0.29, 0.717) is 18.0 Å². The second kappa shape index (κ2) is 9.10. The lowest BCUT2D eigenvalue weighted by Crippen LogP contribution is -2.35. The molecule has 0 spiro atoms. The standard InChI is InChI=1S/C19H20ClNO5/c1-12(18(22)21-11-13-7-5-4-6-8-13)26-19(23)14-9-15(20)17(25-3)16(10-14)24-2/h4-10,12H,11H2,1-3H3,(H,21,22)/t12-/m0/s1. The first kappa shape index (κ1) is 19.6. The molecule has 1 amide bonds. The van der Waals surface area contributed by atoms with E-state index >= 15 is 0 Å². The third-order valence-corrected chi connectivity index (χ3v) is 3.91. The van der Waals surface area contributed by atoms with Crippen molar-refractivity contribution in [1.82, 2.24) is 5.32 Å². The van der Waals surface area contributed by atoms with Crippen LogP contribution in [0.2, 0.25) is 5.02 Å². The van der Waals surface area contributed by atoms with Gasteiger partial charge in [-0.25, -0.2) is 4.79 Å². The predicted molar refractivity (Wildman–Crippen MR) is 97.7 cm³/mol. The van der Waals surface area contributed by atoms with Crippen LogP contribution in [-0.4, -0.2) is 32.2 Å². The average molecular weight is 378 g/mol. The highest BCUT2D eigenvalue weighted by Crippen LogP contribution is 2.36. The first-order chi connectivity index (χ1) is 12.5. The Morgan fingerprint density at radius 3 is 2.42 bits per heavy atom. The molecule has 0 saturated carbocycles. The van der Waals surface area contributed by atoms with Crippen molar-refractivity contribution in [1.29, 1.82) is 0 Å². The van der Waals surface area contributed by atoms with Crippen molar-refractivity contribution in [2.24, 2.45) is 0 Å². The Kier molecular flexibility index (Phi) is 6.86. The van der Waals surface area contributed by atoms with Crippen molar-refractivity contribution in [2.75, 3.05) is 14.2 Å². The molecule has 138 valence electrons. The van der Waals surface area contributed by atoms with Crippen molar-refractivity contribution in [2.45, 2.75) is 19.6 Å². The van der Waals surface area contributed by atoms with Crippen LogP contribution in [0.5, 0.6) is 11.5 Å². The fraction of sp³-hybridized carbons (Fsp3) is 0.263. The number of benzene rings is 2. The number of hydrogen-bond donors (Lipinski definition) is 1. The lowest BCUT2D eigenvalue weighted by Gasteiger charge is -2.15. The minimum absolute atomic E-state index is 0.162. The fourth-order valence-corrected chi connectivity index (χ4v) is 2.53. The molecule has 0 unspecified atom stereocenters. The molecule has 1 N–H and O–H groups in total. The summed E-state index contributed by atoms with van der Waals surface area (Å²) in [5.74, 6) is -0.462. The van der Waals surface area contributed by atoms with Crippen molar-refractivity contribution >= 4 is 23.5 Å². The Balaban J connectivity index is 2.00. The van der Waals surface area contributed by atoms with Gasteiger partial charge in [-0.2, -0.15) is 0 Å². The van der Waals surface area contributed by atoms with Crippen molar-refractivity contribution < 1.29 is 23.8 Å². The summed E-state index contributed by atoms with van der Waals surface area (Å²) in [6, 6.07) is 12.3.